The quantitative estimate of drug-likeness (QED) is 0.700. The standard InChI is InChI=1S/C8H15BF3N2/c1-8(9(10,11)12)7-14-5-2-3-13-4-6-14/h13H,1-7H2/q-1. The van der Waals surface area contributed by atoms with E-state index in [1.807, 2.05) is 0 Å². The van der Waals surface area contributed by atoms with Crippen LogP contribution in [0.25, 0.3) is 0 Å². The first-order valence-electron chi connectivity index (χ1n) is 4.81. The van der Waals surface area contributed by atoms with E-state index in [4.69, 9.17) is 0 Å². The number of nitrogens with zero attached hydrogens (tertiary/aromatic N) is 1. The molecular weight excluding hydrogens is 192 g/mol. The summed E-state index contributed by atoms with van der Waals surface area (Å²) in [5.41, 5.74) is -0.591. The SMILES string of the molecule is C=C(CN1CCCNCC1)[B-](F)(F)F. The predicted octanol–water partition coefficient (Wildman–Crippen LogP) is 1.22. The van der Waals surface area contributed by atoms with Gasteiger partial charge >= 0.3 is 6.98 Å². The van der Waals surface area contributed by atoms with Crippen molar-refractivity contribution in [2.24, 2.45) is 0 Å². The molecule has 0 amide bonds. The molecular formula is C8H15BF3N2-. The van der Waals surface area contributed by atoms with Crippen LogP contribution in [0.1, 0.15) is 6.42 Å². The van der Waals surface area contributed by atoms with E-state index >= 15 is 0 Å². The van der Waals surface area contributed by atoms with E-state index < -0.39 is 12.4 Å². The first-order valence-corrected chi connectivity index (χ1v) is 4.81. The van der Waals surface area contributed by atoms with Gasteiger partial charge in [0.1, 0.15) is 0 Å². The average molecular weight is 207 g/mol. The van der Waals surface area contributed by atoms with Gasteiger partial charge in [-0.1, -0.05) is 0 Å². The summed E-state index contributed by atoms with van der Waals surface area (Å²) in [5, 5.41) is 3.14. The third kappa shape index (κ3) is 3.71. The first-order chi connectivity index (χ1) is 6.50. The Hall–Kier alpha value is -0.485. The molecule has 0 atom stereocenters. The van der Waals surface area contributed by atoms with Gasteiger partial charge in [-0.3, -0.25) is 0 Å². The zero-order chi connectivity index (χ0) is 10.6. The van der Waals surface area contributed by atoms with Gasteiger partial charge in [-0.25, -0.2) is 0 Å². The summed E-state index contributed by atoms with van der Waals surface area (Å²) in [6, 6.07) is 0. The monoisotopic (exact) mass is 207 g/mol. The predicted molar refractivity (Wildman–Crippen MR) is 52.1 cm³/mol. The molecule has 0 saturated carbocycles. The Kier molecular flexibility index (Phi) is 4.01. The van der Waals surface area contributed by atoms with E-state index in [2.05, 4.69) is 11.9 Å². The van der Waals surface area contributed by atoms with Gasteiger partial charge < -0.3 is 23.2 Å². The molecule has 6 heteroatoms. The van der Waals surface area contributed by atoms with Crippen molar-refractivity contribution in [1.29, 1.82) is 0 Å². The van der Waals surface area contributed by atoms with Gasteiger partial charge in [0.05, 0.1) is 0 Å². The highest BCUT2D eigenvalue weighted by Crippen LogP contribution is 2.19. The molecule has 0 aromatic heterocycles. The Morgan fingerprint density at radius 3 is 2.64 bits per heavy atom. The molecule has 0 spiro atoms. The first kappa shape index (κ1) is 11.6. The molecule has 0 radical (unpaired) electrons. The van der Waals surface area contributed by atoms with E-state index in [1.165, 1.54) is 0 Å². The molecule has 1 heterocycles. The zero-order valence-electron chi connectivity index (χ0n) is 8.11. The number of hydrogen-bond acceptors (Lipinski definition) is 2. The van der Waals surface area contributed by atoms with Crippen molar-refractivity contribution in [3.63, 3.8) is 0 Å². The summed E-state index contributed by atoms with van der Waals surface area (Å²) in [6.07, 6.45) is 0.901. The Morgan fingerprint density at radius 1 is 1.29 bits per heavy atom. The van der Waals surface area contributed by atoms with E-state index in [0.29, 0.717) is 6.54 Å². The Bertz CT molecular complexity index is 197. The number of halogens is 3. The van der Waals surface area contributed by atoms with Crippen LogP contribution >= 0.6 is 0 Å². The van der Waals surface area contributed by atoms with Gasteiger partial charge in [0, 0.05) is 13.1 Å². The Balaban J connectivity index is 2.38. The van der Waals surface area contributed by atoms with Crippen LogP contribution in [0, 0.1) is 0 Å². The topological polar surface area (TPSA) is 15.3 Å². The van der Waals surface area contributed by atoms with E-state index in [9.17, 15) is 12.9 Å². The van der Waals surface area contributed by atoms with Gasteiger partial charge in [0.2, 0.25) is 0 Å². The Labute approximate surface area is 82.2 Å². The van der Waals surface area contributed by atoms with Crippen LogP contribution in [0.5, 0.6) is 0 Å². The molecule has 82 valence electrons. The molecule has 1 saturated heterocycles. The van der Waals surface area contributed by atoms with Crippen molar-refractivity contribution in [3.05, 3.63) is 12.1 Å². The van der Waals surface area contributed by atoms with E-state index in [1.54, 1.807) is 4.90 Å². The third-order valence-electron chi connectivity index (χ3n) is 2.32. The molecule has 1 N–H and O–H groups in total. The summed E-state index contributed by atoms with van der Waals surface area (Å²) in [4.78, 5) is 1.80. The second kappa shape index (κ2) is 4.84. The fourth-order valence-corrected chi connectivity index (χ4v) is 1.45. The van der Waals surface area contributed by atoms with Gasteiger partial charge in [-0.05, 0) is 26.1 Å². The fourth-order valence-electron chi connectivity index (χ4n) is 1.45. The van der Waals surface area contributed by atoms with Gasteiger partial charge in [-0.2, -0.15) is 0 Å². The summed E-state index contributed by atoms with van der Waals surface area (Å²) in [7, 11) is 0. The molecule has 1 aliphatic rings. The van der Waals surface area contributed by atoms with Crippen molar-refractivity contribution in [1.82, 2.24) is 10.2 Å². The van der Waals surface area contributed by atoms with Crippen LogP contribution in [-0.2, 0) is 0 Å². The van der Waals surface area contributed by atoms with Crippen molar-refractivity contribution in [2.45, 2.75) is 6.42 Å². The maximum atomic E-state index is 12.2. The second-order valence-corrected chi connectivity index (χ2v) is 3.61. The largest absolute Gasteiger partial charge is 0.506 e. The molecule has 1 rings (SSSR count). The van der Waals surface area contributed by atoms with Crippen LogP contribution in [0.2, 0.25) is 0 Å². The summed E-state index contributed by atoms with van der Waals surface area (Å²) >= 11 is 0. The van der Waals surface area contributed by atoms with E-state index in [0.717, 1.165) is 26.1 Å². The maximum Gasteiger partial charge on any atom is 0.506 e. The number of hydrogen-bond donors (Lipinski definition) is 1. The molecule has 14 heavy (non-hydrogen) atoms. The third-order valence-corrected chi connectivity index (χ3v) is 2.32. The minimum atomic E-state index is -4.87. The fraction of sp³-hybridized carbons (Fsp3) is 0.750. The molecule has 0 bridgehead atoms. The molecule has 1 fully saturated rings. The second-order valence-electron chi connectivity index (χ2n) is 3.61. The number of nitrogens with one attached hydrogen (secondary N) is 1. The highest BCUT2D eigenvalue weighted by atomic mass is 19.4. The van der Waals surface area contributed by atoms with Gasteiger partial charge in [0.25, 0.3) is 0 Å². The molecule has 0 aliphatic carbocycles. The van der Waals surface area contributed by atoms with Crippen LogP contribution in [0.3, 0.4) is 0 Å². The lowest BCUT2D eigenvalue weighted by atomic mass is 9.80. The average Bonchev–Trinajstić information content (AvgIpc) is 2.31. The van der Waals surface area contributed by atoms with Crippen LogP contribution in [0.4, 0.5) is 12.9 Å². The maximum absolute atomic E-state index is 12.2. The molecule has 1 aliphatic heterocycles. The smallest absolute Gasteiger partial charge is 0.445 e. The van der Waals surface area contributed by atoms with Crippen molar-refractivity contribution < 1.29 is 12.9 Å². The molecule has 2 nitrogen and oxygen atoms in total. The van der Waals surface area contributed by atoms with Gasteiger partial charge in [-0.15, -0.1) is 12.1 Å². The lowest BCUT2D eigenvalue weighted by Crippen LogP contribution is -2.34. The summed E-state index contributed by atoms with van der Waals surface area (Å²) in [6.45, 7) is 1.23. The summed E-state index contributed by atoms with van der Waals surface area (Å²) in [5.74, 6) is 0. The lowest BCUT2D eigenvalue weighted by Gasteiger charge is -2.25. The summed E-state index contributed by atoms with van der Waals surface area (Å²) < 4.78 is 36.7. The van der Waals surface area contributed by atoms with Crippen molar-refractivity contribution in [2.75, 3.05) is 32.7 Å². The van der Waals surface area contributed by atoms with Crippen molar-refractivity contribution >= 4 is 6.98 Å². The van der Waals surface area contributed by atoms with Gasteiger partial charge in [0.15, 0.2) is 0 Å². The molecule has 0 aromatic rings. The zero-order valence-corrected chi connectivity index (χ0v) is 8.11. The van der Waals surface area contributed by atoms with Crippen LogP contribution in [-0.4, -0.2) is 44.6 Å². The highest BCUT2D eigenvalue weighted by Gasteiger charge is 2.27. The van der Waals surface area contributed by atoms with Crippen LogP contribution in [0.15, 0.2) is 12.1 Å². The lowest BCUT2D eigenvalue weighted by molar-refractivity contribution is 0.315. The molecule has 0 unspecified atom stereocenters. The van der Waals surface area contributed by atoms with E-state index in [-0.39, 0.29) is 6.54 Å². The minimum Gasteiger partial charge on any atom is -0.445 e. The normalized spacial score (nSPS) is 20.5. The highest BCUT2D eigenvalue weighted by molar-refractivity contribution is 6.66. The number of rotatable bonds is 3. The molecule has 0 aromatic carbocycles. The van der Waals surface area contributed by atoms with Crippen molar-refractivity contribution in [3.8, 4) is 0 Å². The van der Waals surface area contributed by atoms with Crippen LogP contribution < -0.4 is 5.32 Å². The minimum absolute atomic E-state index is 0.0365. The Morgan fingerprint density at radius 2 is 2.00 bits per heavy atom.